The molecule has 1 aliphatic heterocycles. The molecule has 8 nitrogen and oxygen atoms in total. The van der Waals surface area contributed by atoms with Gasteiger partial charge in [-0.25, -0.2) is 9.67 Å². The lowest BCUT2D eigenvalue weighted by Gasteiger charge is -2.34. The fourth-order valence-electron chi connectivity index (χ4n) is 4.37. The van der Waals surface area contributed by atoms with Gasteiger partial charge in [0.05, 0.1) is 29.4 Å². The van der Waals surface area contributed by atoms with Gasteiger partial charge in [0, 0.05) is 44.3 Å². The van der Waals surface area contributed by atoms with E-state index in [0.717, 1.165) is 34.3 Å². The van der Waals surface area contributed by atoms with Gasteiger partial charge in [-0.15, -0.1) is 0 Å². The van der Waals surface area contributed by atoms with E-state index in [1.165, 1.54) is 0 Å². The van der Waals surface area contributed by atoms with E-state index in [4.69, 9.17) is 4.98 Å². The Morgan fingerprint density at radius 3 is 2.53 bits per heavy atom. The molecule has 1 aromatic carbocycles. The molecule has 1 aliphatic rings. The predicted octanol–water partition coefficient (Wildman–Crippen LogP) is 3.27. The minimum Gasteiger partial charge on any atom is -0.355 e. The van der Waals surface area contributed by atoms with Crippen LogP contribution in [0.4, 0.5) is 0 Å². The van der Waals surface area contributed by atoms with Crippen molar-refractivity contribution in [2.24, 2.45) is 0 Å². The van der Waals surface area contributed by atoms with Crippen LogP contribution in [0, 0.1) is 6.92 Å². The summed E-state index contributed by atoms with van der Waals surface area (Å²) in [5, 5.41) is 8.24. The summed E-state index contributed by atoms with van der Waals surface area (Å²) in [5.41, 5.74) is 4.26. The van der Waals surface area contributed by atoms with E-state index >= 15 is 0 Å². The second-order valence-corrected chi connectivity index (χ2v) is 9.21. The molecule has 3 aromatic rings. The number of pyridine rings is 1. The van der Waals surface area contributed by atoms with E-state index in [0.29, 0.717) is 44.8 Å². The molecule has 8 heteroatoms. The average molecular weight is 463 g/mol. The van der Waals surface area contributed by atoms with Crippen LogP contribution in [0.15, 0.2) is 36.5 Å². The molecular weight excluding hydrogens is 428 g/mol. The third-order valence-corrected chi connectivity index (χ3v) is 6.31. The van der Waals surface area contributed by atoms with Crippen LogP contribution in [0.1, 0.15) is 49.2 Å². The van der Waals surface area contributed by atoms with Crippen LogP contribution in [-0.4, -0.2) is 75.6 Å². The third-order valence-electron chi connectivity index (χ3n) is 6.31. The Morgan fingerprint density at radius 2 is 1.85 bits per heavy atom. The number of aromatic nitrogens is 3. The van der Waals surface area contributed by atoms with E-state index in [-0.39, 0.29) is 17.9 Å². The number of amides is 2. The van der Waals surface area contributed by atoms with Crippen molar-refractivity contribution in [1.29, 1.82) is 0 Å². The van der Waals surface area contributed by atoms with Crippen molar-refractivity contribution in [2.45, 2.75) is 40.2 Å². The van der Waals surface area contributed by atoms with Crippen LogP contribution in [0.25, 0.3) is 22.3 Å². The quantitative estimate of drug-likeness (QED) is 0.583. The molecule has 1 N–H and O–H groups in total. The predicted molar refractivity (Wildman–Crippen MR) is 134 cm³/mol. The van der Waals surface area contributed by atoms with E-state index in [1.54, 1.807) is 6.20 Å². The first-order chi connectivity index (χ1) is 16.4. The smallest absolute Gasteiger partial charge is 0.254 e. The van der Waals surface area contributed by atoms with Crippen molar-refractivity contribution in [2.75, 3.05) is 39.3 Å². The summed E-state index contributed by atoms with van der Waals surface area (Å²) in [6.07, 6.45) is 2.68. The molecule has 0 aliphatic carbocycles. The van der Waals surface area contributed by atoms with Crippen LogP contribution in [0.5, 0.6) is 0 Å². The highest BCUT2D eigenvalue weighted by Gasteiger charge is 2.26. The van der Waals surface area contributed by atoms with Gasteiger partial charge in [-0.3, -0.25) is 14.5 Å². The van der Waals surface area contributed by atoms with Crippen LogP contribution in [0.3, 0.4) is 0 Å². The molecule has 0 radical (unpaired) electrons. The Kier molecular flexibility index (Phi) is 7.26. The number of hydrogen-bond donors (Lipinski definition) is 1. The molecule has 2 amide bonds. The fourth-order valence-corrected chi connectivity index (χ4v) is 4.37. The first kappa shape index (κ1) is 23.9. The summed E-state index contributed by atoms with van der Waals surface area (Å²) in [7, 11) is 0. The number of aryl methyl sites for hydroxylation is 1. The molecule has 1 fully saturated rings. The van der Waals surface area contributed by atoms with Crippen molar-refractivity contribution in [1.82, 2.24) is 29.9 Å². The van der Waals surface area contributed by atoms with E-state index < -0.39 is 0 Å². The molecule has 0 atom stereocenters. The number of benzene rings is 1. The topological polar surface area (TPSA) is 83.4 Å². The second kappa shape index (κ2) is 10.3. The number of rotatable bonds is 7. The Morgan fingerprint density at radius 1 is 1.12 bits per heavy atom. The van der Waals surface area contributed by atoms with Gasteiger partial charge < -0.3 is 10.2 Å². The first-order valence-electron chi connectivity index (χ1n) is 12.1. The highest BCUT2D eigenvalue weighted by Crippen LogP contribution is 2.29. The molecule has 3 heterocycles. The molecule has 34 heavy (non-hydrogen) atoms. The Hall–Kier alpha value is -3.26. The number of piperazine rings is 1. The maximum absolute atomic E-state index is 13.7. The van der Waals surface area contributed by atoms with Crippen molar-refractivity contribution < 1.29 is 9.59 Å². The molecule has 0 bridgehead atoms. The molecule has 1 saturated heterocycles. The zero-order valence-electron chi connectivity index (χ0n) is 20.5. The van der Waals surface area contributed by atoms with Gasteiger partial charge in [0.25, 0.3) is 5.91 Å². The maximum Gasteiger partial charge on any atom is 0.254 e. The van der Waals surface area contributed by atoms with Crippen LogP contribution in [-0.2, 0) is 4.79 Å². The standard InChI is InChI=1S/C26H34N6O2/c1-5-10-27-24(33)17-30-11-13-31(14-12-30)26(34)21-15-23(20-9-7-6-8-19(20)4)29-25-22(21)16-28-32(25)18(2)3/h6-9,15-16,18H,5,10-14,17H2,1-4H3,(H,27,33). The number of hydrogen-bond acceptors (Lipinski definition) is 5. The lowest BCUT2D eigenvalue weighted by Crippen LogP contribution is -2.51. The van der Waals surface area contributed by atoms with Crippen molar-refractivity contribution >= 4 is 22.8 Å². The number of fused-ring (bicyclic) bond motifs is 1. The molecule has 4 rings (SSSR count). The maximum atomic E-state index is 13.7. The normalized spacial score (nSPS) is 14.7. The van der Waals surface area contributed by atoms with Gasteiger partial charge in [-0.05, 0) is 38.8 Å². The van der Waals surface area contributed by atoms with Gasteiger partial charge in [0.1, 0.15) is 0 Å². The monoisotopic (exact) mass is 462 g/mol. The van der Waals surface area contributed by atoms with E-state index in [2.05, 4.69) is 42.2 Å². The highest BCUT2D eigenvalue weighted by atomic mass is 16.2. The summed E-state index contributed by atoms with van der Waals surface area (Å²) >= 11 is 0. The van der Waals surface area contributed by atoms with Gasteiger partial charge in [0.2, 0.25) is 5.91 Å². The zero-order valence-corrected chi connectivity index (χ0v) is 20.5. The van der Waals surface area contributed by atoms with Gasteiger partial charge in [0.15, 0.2) is 5.65 Å². The molecule has 180 valence electrons. The van der Waals surface area contributed by atoms with Gasteiger partial charge in [-0.2, -0.15) is 5.10 Å². The summed E-state index contributed by atoms with van der Waals surface area (Å²) in [6.45, 7) is 11.8. The fraction of sp³-hybridized carbons (Fsp3) is 0.462. The van der Waals surface area contributed by atoms with Crippen molar-refractivity contribution in [3.05, 3.63) is 47.7 Å². The zero-order chi connectivity index (χ0) is 24.2. The minimum absolute atomic E-state index is 0.0133. The summed E-state index contributed by atoms with van der Waals surface area (Å²) in [6, 6.07) is 10.1. The highest BCUT2D eigenvalue weighted by molar-refractivity contribution is 6.06. The first-order valence-corrected chi connectivity index (χ1v) is 12.1. The summed E-state index contributed by atoms with van der Waals surface area (Å²) in [4.78, 5) is 34.7. The lowest BCUT2D eigenvalue weighted by atomic mass is 10.0. The second-order valence-electron chi connectivity index (χ2n) is 9.21. The van der Waals surface area contributed by atoms with Gasteiger partial charge >= 0.3 is 0 Å². The number of nitrogens with one attached hydrogen (secondary N) is 1. The van der Waals surface area contributed by atoms with Gasteiger partial charge in [-0.1, -0.05) is 31.2 Å². The molecule has 2 aromatic heterocycles. The molecular formula is C26H34N6O2. The molecule has 0 unspecified atom stereocenters. The van der Waals surface area contributed by atoms with Crippen LogP contribution < -0.4 is 5.32 Å². The van der Waals surface area contributed by atoms with E-state index in [9.17, 15) is 9.59 Å². The molecule has 0 spiro atoms. The minimum atomic E-state index is -0.0133. The summed E-state index contributed by atoms with van der Waals surface area (Å²) in [5.74, 6) is 0.0297. The van der Waals surface area contributed by atoms with Crippen molar-refractivity contribution in [3.63, 3.8) is 0 Å². The van der Waals surface area contributed by atoms with Crippen LogP contribution in [0.2, 0.25) is 0 Å². The summed E-state index contributed by atoms with van der Waals surface area (Å²) < 4.78 is 1.88. The largest absolute Gasteiger partial charge is 0.355 e. The SMILES string of the molecule is CCCNC(=O)CN1CCN(C(=O)c2cc(-c3ccccc3C)nc3c2cnn3C(C)C)CC1. The average Bonchev–Trinajstić information content (AvgIpc) is 3.27. The molecule has 0 saturated carbocycles. The Bertz CT molecular complexity index is 1180. The number of nitrogens with zero attached hydrogens (tertiary/aromatic N) is 5. The third kappa shape index (κ3) is 4.97. The Labute approximate surface area is 200 Å². The van der Waals surface area contributed by atoms with Crippen LogP contribution >= 0.6 is 0 Å². The Balaban J connectivity index is 1.60. The van der Waals surface area contributed by atoms with E-state index in [1.807, 2.05) is 40.8 Å². The number of carbonyl (C=O) groups is 2. The number of carbonyl (C=O) groups excluding carboxylic acids is 2. The van der Waals surface area contributed by atoms with Crippen molar-refractivity contribution in [3.8, 4) is 11.3 Å². The lowest BCUT2D eigenvalue weighted by molar-refractivity contribution is -0.122.